The van der Waals surface area contributed by atoms with Crippen LogP contribution in [0.2, 0.25) is 0 Å². The maximum Gasteiger partial charge on any atom is 0.252 e. The van der Waals surface area contributed by atoms with Gasteiger partial charge in [-0.1, -0.05) is 6.07 Å². The number of hydrogen-bond donors (Lipinski definition) is 1. The third kappa shape index (κ3) is 2.75. The Kier molecular flexibility index (Phi) is 3.56. The van der Waals surface area contributed by atoms with Crippen molar-refractivity contribution < 1.29 is 4.79 Å². The van der Waals surface area contributed by atoms with Gasteiger partial charge in [-0.15, -0.1) is 0 Å². The van der Waals surface area contributed by atoms with Crippen LogP contribution < -0.4 is 5.32 Å². The summed E-state index contributed by atoms with van der Waals surface area (Å²) in [6.45, 7) is 0.464. The van der Waals surface area contributed by atoms with E-state index in [0.29, 0.717) is 12.1 Å². The van der Waals surface area contributed by atoms with Gasteiger partial charge in [0.05, 0.1) is 0 Å². The summed E-state index contributed by atoms with van der Waals surface area (Å²) in [5, 5.41) is 6.58. The second kappa shape index (κ2) is 5.66. The van der Waals surface area contributed by atoms with Crippen LogP contribution in [0.5, 0.6) is 0 Å². The zero-order chi connectivity index (χ0) is 13.8. The van der Waals surface area contributed by atoms with E-state index in [2.05, 4.69) is 15.3 Å². The van der Waals surface area contributed by atoms with Crippen LogP contribution in [0.15, 0.2) is 53.9 Å². The predicted molar refractivity (Wildman–Crippen MR) is 76.8 cm³/mol. The van der Waals surface area contributed by atoms with Crippen molar-refractivity contribution >= 4 is 17.2 Å². The molecule has 0 bridgehead atoms. The number of aromatic nitrogens is 3. The average molecular weight is 284 g/mol. The second-order valence-corrected chi connectivity index (χ2v) is 4.97. The summed E-state index contributed by atoms with van der Waals surface area (Å²) in [5.41, 5.74) is 1.65. The maximum absolute atomic E-state index is 11.8. The minimum absolute atomic E-state index is 0.0649. The van der Waals surface area contributed by atoms with Gasteiger partial charge < -0.3 is 5.32 Å². The Balaban J connectivity index is 1.63. The molecule has 1 amide bonds. The third-order valence-corrected chi connectivity index (χ3v) is 3.50. The maximum atomic E-state index is 11.8. The number of imidazole rings is 1. The number of rotatable bonds is 4. The Hall–Kier alpha value is -2.47. The topological polar surface area (TPSA) is 59.8 Å². The van der Waals surface area contributed by atoms with E-state index < -0.39 is 0 Å². The lowest BCUT2D eigenvalue weighted by Crippen LogP contribution is -2.22. The molecule has 0 saturated carbocycles. The molecular weight excluding hydrogens is 272 g/mol. The summed E-state index contributed by atoms with van der Waals surface area (Å²) < 4.78 is 1.83. The molecule has 0 radical (unpaired) electrons. The van der Waals surface area contributed by atoms with Gasteiger partial charge in [-0.2, -0.15) is 11.3 Å². The summed E-state index contributed by atoms with van der Waals surface area (Å²) in [6, 6.07) is 5.64. The zero-order valence-electron chi connectivity index (χ0n) is 10.6. The van der Waals surface area contributed by atoms with Crippen LogP contribution in [0.25, 0.3) is 5.82 Å². The van der Waals surface area contributed by atoms with Gasteiger partial charge in [0, 0.05) is 36.1 Å². The molecule has 0 aliphatic rings. The fourth-order valence-electron chi connectivity index (χ4n) is 1.75. The lowest BCUT2D eigenvalue weighted by molar-refractivity contribution is 0.0951. The van der Waals surface area contributed by atoms with Crippen molar-refractivity contribution in [1.29, 1.82) is 0 Å². The summed E-state index contributed by atoms with van der Waals surface area (Å²) in [7, 11) is 0. The highest BCUT2D eigenvalue weighted by Crippen LogP contribution is 2.07. The van der Waals surface area contributed by atoms with Crippen LogP contribution in [-0.4, -0.2) is 20.4 Å². The van der Waals surface area contributed by atoms with Crippen molar-refractivity contribution in [1.82, 2.24) is 19.9 Å². The van der Waals surface area contributed by atoms with E-state index in [4.69, 9.17) is 0 Å². The van der Waals surface area contributed by atoms with Crippen LogP contribution in [0.4, 0.5) is 0 Å². The van der Waals surface area contributed by atoms with Crippen molar-refractivity contribution in [3.05, 3.63) is 65.0 Å². The first kappa shape index (κ1) is 12.6. The first-order valence-electron chi connectivity index (χ1n) is 6.06. The minimum atomic E-state index is -0.0649. The van der Waals surface area contributed by atoms with Gasteiger partial charge in [0.1, 0.15) is 12.1 Å². The molecule has 20 heavy (non-hydrogen) atoms. The molecule has 3 rings (SSSR count). The first-order chi connectivity index (χ1) is 9.83. The van der Waals surface area contributed by atoms with Gasteiger partial charge in [-0.25, -0.2) is 9.97 Å². The van der Waals surface area contributed by atoms with Crippen molar-refractivity contribution in [2.75, 3.05) is 0 Å². The Morgan fingerprint density at radius 3 is 2.95 bits per heavy atom. The Bertz CT molecular complexity index is 675. The fourth-order valence-corrected chi connectivity index (χ4v) is 2.38. The molecule has 0 fully saturated rings. The number of nitrogens with one attached hydrogen (secondary N) is 1. The summed E-state index contributed by atoms with van der Waals surface area (Å²) in [5.74, 6) is 0.736. The molecule has 1 N–H and O–H groups in total. The number of nitrogens with zero attached hydrogens (tertiary/aromatic N) is 3. The summed E-state index contributed by atoms with van der Waals surface area (Å²) in [6.07, 6.45) is 6.99. The number of carbonyl (C=O) groups is 1. The van der Waals surface area contributed by atoms with E-state index in [9.17, 15) is 4.79 Å². The Morgan fingerprint density at radius 1 is 1.35 bits per heavy atom. The van der Waals surface area contributed by atoms with Crippen molar-refractivity contribution in [3.63, 3.8) is 0 Å². The highest BCUT2D eigenvalue weighted by Gasteiger charge is 2.05. The van der Waals surface area contributed by atoms with Gasteiger partial charge in [0.15, 0.2) is 0 Å². The molecule has 0 unspecified atom stereocenters. The van der Waals surface area contributed by atoms with E-state index in [-0.39, 0.29) is 5.91 Å². The molecule has 100 valence electrons. The standard InChI is InChI=1S/C14H12N4OS/c19-14(12-3-6-20-9-12)17-8-11-1-2-13(16-7-11)18-5-4-15-10-18/h1-7,9-10H,8H2,(H,17,19). The van der Waals surface area contributed by atoms with Gasteiger partial charge in [-0.3, -0.25) is 9.36 Å². The van der Waals surface area contributed by atoms with E-state index in [1.807, 2.05) is 33.7 Å². The normalized spacial score (nSPS) is 10.4. The molecule has 3 aromatic rings. The summed E-state index contributed by atoms with van der Waals surface area (Å²) >= 11 is 1.51. The van der Waals surface area contributed by atoms with Crippen LogP contribution in [-0.2, 0) is 6.54 Å². The van der Waals surface area contributed by atoms with Gasteiger partial charge in [0.2, 0.25) is 0 Å². The highest BCUT2D eigenvalue weighted by molar-refractivity contribution is 7.08. The quantitative estimate of drug-likeness (QED) is 0.799. The molecule has 3 aromatic heterocycles. The zero-order valence-corrected chi connectivity index (χ0v) is 11.4. The third-order valence-electron chi connectivity index (χ3n) is 2.81. The number of carbonyl (C=O) groups excluding carboxylic acids is 1. The van der Waals surface area contributed by atoms with E-state index in [1.165, 1.54) is 11.3 Å². The molecule has 6 heteroatoms. The molecule has 0 aliphatic heterocycles. The lowest BCUT2D eigenvalue weighted by atomic mass is 10.2. The van der Waals surface area contributed by atoms with E-state index in [1.54, 1.807) is 24.8 Å². The lowest BCUT2D eigenvalue weighted by Gasteiger charge is -2.05. The minimum Gasteiger partial charge on any atom is -0.348 e. The highest BCUT2D eigenvalue weighted by atomic mass is 32.1. The monoisotopic (exact) mass is 284 g/mol. The second-order valence-electron chi connectivity index (χ2n) is 4.19. The van der Waals surface area contributed by atoms with Crippen molar-refractivity contribution in [2.45, 2.75) is 6.54 Å². The number of hydrogen-bond acceptors (Lipinski definition) is 4. The van der Waals surface area contributed by atoms with Gasteiger partial charge in [-0.05, 0) is 23.1 Å². The van der Waals surface area contributed by atoms with Gasteiger partial charge >= 0.3 is 0 Å². The smallest absolute Gasteiger partial charge is 0.252 e. The van der Waals surface area contributed by atoms with Crippen molar-refractivity contribution in [3.8, 4) is 5.82 Å². The van der Waals surface area contributed by atoms with E-state index >= 15 is 0 Å². The molecule has 0 saturated heterocycles. The largest absolute Gasteiger partial charge is 0.348 e. The van der Waals surface area contributed by atoms with Crippen LogP contribution in [0.3, 0.4) is 0 Å². The number of pyridine rings is 1. The number of thiophene rings is 1. The molecule has 0 atom stereocenters. The Labute approximate surface area is 119 Å². The Morgan fingerprint density at radius 2 is 2.30 bits per heavy atom. The molecule has 5 nitrogen and oxygen atoms in total. The number of amides is 1. The van der Waals surface area contributed by atoms with Gasteiger partial charge in [0.25, 0.3) is 5.91 Å². The van der Waals surface area contributed by atoms with Crippen LogP contribution in [0.1, 0.15) is 15.9 Å². The summed E-state index contributed by atoms with van der Waals surface area (Å²) in [4.78, 5) is 20.1. The predicted octanol–water partition coefficient (Wildman–Crippen LogP) is 2.26. The molecule has 0 aromatic carbocycles. The van der Waals surface area contributed by atoms with Crippen LogP contribution >= 0.6 is 11.3 Å². The van der Waals surface area contributed by atoms with E-state index in [0.717, 1.165) is 11.4 Å². The van der Waals surface area contributed by atoms with Crippen LogP contribution in [0, 0.1) is 0 Å². The van der Waals surface area contributed by atoms with Crippen molar-refractivity contribution in [2.24, 2.45) is 0 Å². The molecule has 0 spiro atoms. The average Bonchev–Trinajstić information content (AvgIpc) is 3.18. The molecular formula is C14H12N4OS. The molecule has 0 aliphatic carbocycles. The first-order valence-corrected chi connectivity index (χ1v) is 7.01. The fraction of sp³-hybridized carbons (Fsp3) is 0.0714. The molecule has 3 heterocycles. The SMILES string of the molecule is O=C(NCc1ccc(-n2ccnc2)nc1)c1ccsc1.